The molecule has 0 aromatic heterocycles. The van der Waals surface area contributed by atoms with Gasteiger partial charge in [0.05, 0.1) is 6.10 Å². The van der Waals surface area contributed by atoms with Crippen LogP contribution in [0.25, 0.3) is 0 Å². The molecule has 0 aromatic carbocycles. The summed E-state index contributed by atoms with van der Waals surface area (Å²) < 4.78 is 0. The number of β-amino-alcohol motifs (C(OH)–C–C–N with tert-alkyl or cyclic N) is 1. The van der Waals surface area contributed by atoms with Gasteiger partial charge in [-0.2, -0.15) is 0 Å². The highest BCUT2D eigenvalue weighted by Crippen LogP contribution is 2.23. The van der Waals surface area contributed by atoms with E-state index in [1.54, 1.807) is 0 Å². The van der Waals surface area contributed by atoms with Crippen molar-refractivity contribution in [2.24, 2.45) is 5.92 Å². The van der Waals surface area contributed by atoms with E-state index in [4.69, 9.17) is 0 Å². The van der Waals surface area contributed by atoms with Crippen LogP contribution in [0.4, 0.5) is 0 Å². The minimum absolute atomic E-state index is 0.0738. The molecular weight excluding hydrogens is 162 g/mol. The lowest BCUT2D eigenvalue weighted by Crippen LogP contribution is -2.31. The number of hydrogen-bond acceptors (Lipinski definition) is 2. The maximum Gasteiger partial charge on any atom is 0.0682 e. The highest BCUT2D eigenvalue weighted by Gasteiger charge is 2.30. The zero-order valence-electron chi connectivity index (χ0n) is 9.16. The van der Waals surface area contributed by atoms with E-state index in [0.29, 0.717) is 6.04 Å². The second-order valence-electron chi connectivity index (χ2n) is 4.67. The Labute approximate surface area is 81.9 Å². The predicted octanol–water partition coefficient (Wildman–Crippen LogP) is 1.88. The molecule has 2 nitrogen and oxygen atoms in total. The number of rotatable bonds is 4. The average molecular weight is 185 g/mol. The first-order chi connectivity index (χ1) is 6.13. The first-order valence-corrected chi connectivity index (χ1v) is 5.55. The largest absolute Gasteiger partial charge is 0.392 e. The van der Waals surface area contributed by atoms with Crippen molar-refractivity contribution < 1.29 is 5.11 Å². The average Bonchev–Trinajstić information content (AvgIpc) is 2.31. The van der Waals surface area contributed by atoms with Crippen molar-refractivity contribution in [3.05, 3.63) is 0 Å². The van der Waals surface area contributed by atoms with E-state index in [0.717, 1.165) is 25.4 Å². The molecule has 1 rings (SSSR count). The van der Waals surface area contributed by atoms with Crippen LogP contribution in [-0.2, 0) is 0 Å². The van der Waals surface area contributed by atoms with Crippen LogP contribution in [0.3, 0.4) is 0 Å². The summed E-state index contributed by atoms with van der Waals surface area (Å²) >= 11 is 0. The first-order valence-electron chi connectivity index (χ1n) is 5.55. The highest BCUT2D eigenvalue weighted by molar-refractivity contribution is 4.85. The van der Waals surface area contributed by atoms with E-state index in [-0.39, 0.29) is 6.10 Å². The Bertz CT molecular complexity index is 147. The molecule has 0 amide bonds. The molecule has 1 saturated heterocycles. The Morgan fingerprint density at radius 1 is 1.46 bits per heavy atom. The number of aliphatic hydroxyl groups is 1. The maximum atomic E-state index is 9.57. The van der Waals surface area contributed by atoms with Gasteiger partial charge in [-0.25, -0.2) is 0 Å². The van der Waals surface area contributed by atoms with Gasteiger partial charge < -0.3 is 5.11 Å². The van der Waals surface area contributed by atoms with Crippen molar-refractivity contribution in [3.63, 3.8) is 0 Å². The van der Waals surface area contributed by atoms with Crippen LogP contribution >= 0.6 is 0 Å². The van der Waals surface area contributed by atoms with Crippen LogP contribution in [-0.4, -0.2) is 35.2 Å². The molecule has 0 aliphatic carbocycles. The van der Waals surface area contributed by atoms with Gasteiger partial charge in [-0.05, 0) is 31.7 Å². The monoisotopic (exact) mass is 185 g/mol. The molecule has 0 spiro atoms. The van der Waals surface area contributed by atoms with E-state index >= 15 is 0 Å². The summed E-state index contributed by atoms with van der Waals surface area (Å²) in [6.45, 7) is 8.76. The molecule has 1 aliphatic heterocycles. The molecule has 78 valence electrons. The van der Waals surface area contributed by atoms with Crippen molar-refractivity contribution in [1.82, 2.24) is 4.90 Å². The van der Waals surface area contributed by atoms with E-state index in [9.17, 15) is 5.11 Å². The molecule has 1 fully saturated rings. The normalized spacial score (nSPS) is 30.2. The summed E-state index contributed by atoms with van der Waals surface area (Å²) in [5.41, 5.74) is 0. The van der Waals surface area contributed by atoms with Crippen molar-refractivity contribution in [1.29, 1.82) is 0 Å². The van der Waals surface area contributed by atoms with E-state index < -0.39 is 0 Å². The SMILES string of the molecule is CCCN1C[C@@H](O)C[C@H]1CC(C)C. The molecule has 0 aromatic rings. The van der Waals surface area contributed by atoms with Gasteiger partial charge in [0, 0.05) is 12.6 Å². The summed E-state index contributed by atoms with van der Waals surface area (Å²) in [6.07, 6.45) is 3.34. The quantitative estimate of drug-likeness (QED) is 0.723. The van der Waals surface area contributed by atoms with Crippen molar-refractivity contribution >= 4 is 0 Å². The minimum Gasteiger partial charge on any atom is -0.392 e. The lowest BCUT2D eigenvalue weighted by Gasteiger charge is -2.24. The molecule has 1 aliphatic rings. The van der Waals surface area contributed by atoms with Gasteiger partial charge in [0.1, 0.15) is 0 Å². The van der Waals surface area contributed by atoms with Crippen molar-refractivity contribution in [2.45, 2.75) is 52.2 Å². The van der Waals surface area contributed by atoms with Crippen LogP contribution in [0.15, 0.2) is 0 Å². The zero-order chi connectivity index (χ0) is 9.84. The minimum atomic E-state index is -0.0738. The van der Waals surface area contributed by atoms with Crippen LogP contribution in [0.5, 0.6) is 0 Å². The van der Waals surface area contributed by atoms with E-state index in [2.05, 4.69) is 25.7 Å². The summed E-state index contributed by atoms with van der Waals surface area (Å²) in [7, 11) is 0. The lowest BCUT2D eigenvalue weighted by atomic mass is 10.0. The Balaban J connectivity index is 2.40. The van der Waals surface area contributed by atoms with Crippen LogP contribution in [0.1, 0.15) is 40.0 Å². The molecule has 2 atom stereocenters. The second-order valence-corrected chi connectivity index (χ2v) is 4.67. The first kappa shape index (κ1) is 11.0. The van der Waals surface area contributed by atoms with Crippen LogP contribution in [0, 0.1) is 5.92 Å². The van der Waals surface area contributed by atoms with Crippen molar-refractivity contribution in [3.8, 4) is 0 Å². The van der Waals surface area contributed by atoms with Gasteiger partial charge in [-0.1, -0.05) is 20.8 Å². The van der Waals surface area contributed by atoms with E-state index in [1.807, 2.05) is 0 Å². The van der Waals surface area contributed by atoms with Crippen LogP contribution < -0.4 is 0 Å². The summed E-state index contributed by atoms with van der Waals surface area (Å²) in [4.78, 5) is 2.45. The lowest BCUT2D eigenvalue weighted by molar-refractivity contribution is 0.174. The molecule has 0 bridgehead atoms. The third kappa shape index (κ3) is 3.28. The maximum absolute atomic E-state index is 9.57. The Morgan fingerprint density at radius 2 is 2.15 bits per heavy atom. The molecule has 0 unspecified atom stereocenters. The molecule has 2 heteroatoms. The molecule has 0 radical (unpaired) electrons. The standard InChI is InChI=1S/C11H23NO/c1-4-5-12-8-11(13)7-10(12)6-9(2)3/h9-11,13H,4-8H2,1-3H3/t10-,11+/m1/s1. The summed E-state index contributed by atoms with van der Waals surface area (Å²) in [6, 6.07) is 0.634. The highest BCUT2D eigenvalue weighted by atomic mass is 16.3. The number of aliphatic hydroxyl groups excluding tert-OH is 1. The fourth-order valence-corrected chi connectivity index (χ4v) is 2.31. The molecule has 0 saturated carbocycles. The molecular formula is C11H23NO. The third-order valence-corrected chi connectivity index (χ3v) is 2.76. The third-order valence-electron chi connectivity index (χ3n) is 2.76. The topological polar surface area (TPSA) is 23.5 Å². The number of hydrogen-bond donors (Lipinski definition) is 1. The molecule has 1 heterocycles. The smallest absolute Gasteiger partial charge is 0.0682 e. The predicted molar refractivity (Wildman–Crippen MR) is 55.7 cm³/mol. The van der Waals surface area contributed by atoms with Crippen LogP contribution in [0.2, 0.25) is 0 Å². The summed E-state index contributed by atoms with van der Waals surface area (Å²) in [5.74, 6) is 0.745. The fourth-order valence-electron chi connectivity index (χ4n) is 2.31. The Morgan fingerprint density at radius 3 is 2.69 bits per heavy atom. The van der Waals surface area contributed by atoms with Gasteiger partial charge in [0.15, 0.2) is 0 Å². The second kappa shape index (κ2) is 4.97. The van der Waals surface area contributed by atoms with Gasteiger partial charge in [-0.3, -0.25) is 4.90 Å². The van der Waals surface area contributed by atoms with Gasteiger partial charge in [0.2, 0.25) is 0 Å². The Kier molecular flexibility index (Phi) is 4.20. The van der Waals surface area contributed by atoms with Gasteiger partial charge in [-0.15, -0.1) is 0 Å². The zero-order valence-corrected chi connectivity index (χ0v) is 9.16. The number of likely N-dealkylation sites (tertiary alicyclic amines) is 1. The molecule has 1 N–H and O–H groups in total. The fraction of sp³-hybridized carbons (Fsp3) is 1.00. The number of nitrogens with zero attached hydrogens (tertiary/aromatic N) is 1. The van der Waals surface area contributed by atoms with Gasteiger partial charge >= 0.3 is 0 Å². The van der Waals surface area contributed by atoms with Crippen molar-refractivity contribution in [2.75, 3.05) is 13.1 Å². The van der Waals surface area contributed by atoms with Gasteiger partial charge in [0.25, 0.3) is 0 Å². The molecule has 13 heavy (non-hydrogen) atoms. The van der Waals surface area contributed by atoms with E-state index in [1.165, 1.54) is 12.8 Å². The Hall–Kier alpha value is -0.0800. The summed E-state index contributed by atoms with van der Waals surface area (Å²) in [5, 5.41) is 9.57.